The van der Waals surface area contributed by atoms with Crippen LogP contribution in [0.25, 0.3) is 39.5 Å². The summed E-state index contributed by atoms with van der Waals surface area (Å²) in [4.78, 5) is 43.0. The zero-order chi connectivity index (χ0) is 32.8. The van der Waals surface area contributed by atoms with E-state index in [2.05, 4.69) is 55.7 Å². The zero-order valence-electron chi connectivity index (χ0n) is 26.9. The summed E-state index contributed by atoms with van der Waals surface area (Å²) < 4.78 is 7.27. The van der Waals surface area contributed by atoms with Crippen molar-refractivity contribution in [1.29, 1.82) is 0 Å². The molecule has 48 heavy (non-hydrogen) atoms. The van der Waals surface area contributed by atoms with Gasteiger partial charge in [0.25, 0.3) is 10.9 Å². The Morgan fingerprint density at radius 1 is 0.812 bits per heavy atom. The van der Waals surface area contributed by atoms with Gasteiger partial charge in [-0.15, -0.1) is 0 Å². The second-order valence-corrected chi connectivity index (χ2v) is 13.1. The Labute approximate surface area is 278 Å². The largest absolute Gasteiger partial charge is 0.491 e. The van der Waals surface area contributed by atoms with Gasteiger partial charge in [-0.25, -0.2) is 15.0 Å². The number of rotatable bonds is 7. The molecular weight excluding hydrogens is 602 g/mol. The number of imidazole rings is 1. The number of ether oxygens (including phenoxy) is 1. The van der Waals surface area contributed by atoms with Crippen LogP contribution in [0, 0.1) is 5.41 Å². The molecule has 1 spiro atoms. The van der Waals surface area contributed by atoms with E-state index in [-0.39, 0.29) is 5.75 Å². The number of piperidine rings is 2. The number of nitrogen functional groups attached to an aromatic ring is 1. The van der Waals surface area contributed by atoms with Gasteiger partial charge in [-0.3, -0.25) is 19.1 Å². The van der Waals surface area contributed by atoms with Crippen LogP contribution in [-0.2, 0) is 6.54 Å². The number of aromatic nitrogens is 4. The molecule has 3 aromatic heterocycles. The Morgan fingerprint density at radius 2 is 1.54 bits per heavy atom. The predicted octanol–water partition coefficient (Wildman–Crippen LogP) is 5.22. The second-order valence-electron chi connectivity index (χ2n) is 13.1. The maximum Gasteiger partial charge on any atom is 0.272 e. The van der Waals surface area contributed by atoms with E-state index in [1.54, 1.807) is 6.20 Å². The number of pyridine rings is 2. The third kappa shape index (κ3) is 5.22. The molecule has 0 amide bonds. The van der Waals surface area contributed by atoms with Crippen LogP contribution in [0.3, 0.4) is 0 Å². The van der Waals surface area contributed by atoms with E-state index in [1.165, 1.54) is 12.7 Å². The number of hydrogen-bond donors (Lipinski definition) is 1. The van der Waals surface area contributed by atoms with Crippen LogP contribution in [-0.4, -0.2) is 57.7 Å². The van der Waals surface area contributed by atoms with E-state index in [0.717, 1.165) is 92.1 Å². The quantitative estimate of drug-likeness (QED) is 0.235. The highest BCUT2D eigenvalue weighted by Gasteiger charge is 2.39. The van der Waals surface area contributed by atoms with Gasteiger partial charge >= 0.3 is 0 Å². The highest BCUT2D eigenvalue weighted by molar-refractivity contribution is 5.84. The number of methoxy groups -OCH3 is 1. The van der Waals surface area contributed by atoms with Crippen molar-refractivity contribution in [2.45, 2.75) is 32.2 Å². The van der Waals surface area contributed by atoms with Crippen molar-refractivity contribution >= 4 is 22.7 Å². The molecule has 2 fully saturated rings. The van der Waals surface area contributed by atoms with E-state index in [4.69, 9.17) is 20.4 Å². The van der Waals surface area contributed by atoms with Crippen molar-refractivity contribution in [3.05, 3.63) is 111 Å². The van der Waals surface area contributed by atoms with Gasteiger partial charge in [-0.1, -0.05) is 42.5 Å². The first-order chi connectivity index (χ1) is 23.4. The first-order valence-electron chi connectivity index (χ1n) is 16.5. The van der Waals surface area contributed by atoms with Crippen LogP contribution in [0.1, 0.15) is 31.2 Å². The first kappa shape index (κ1) is 30.0. The van der Waals surface area contributed by atoms with Gasteiger partial charge in [0, 0.05) is 37.1 Å². The van der Waals surface area contributed by atoms with Crippen LogP contribution in [0.5, 0.6) is 5.75 Å². The minimum atomic E-state index is -0.500. The molecule has 6 aromatic rings. The molecule has 2 aliphatic rings. The van der Waals surface area contributed by atoms with E-state index in [0.29, 0.717) is 22.7 Å². The lowest BCUT2D eigenvalue weighted by molar-refractivity contribution is 0.0756. The summed E-state index contributed by atoms with van der Waals surface area (Å²) >= 11 is 0. The highest BCUT2D eigenvalue weighted by atomic mass is 16.5. The second kappa shape index (κ2) is 12.0. The molecule has 2 aliphatic heterocycles. The Balaban J connectivity index is 0.996. The lowest BCUT2D eigenvalue weighted by Gasteiger charge is -2.47. The van der Waals surface area contributed by atoms with E-state index < -0.39 is 10.9 Å². The summed E-state index contributed by atoms with van der Waals surface area (Å²) in [6, 6.07) is 26.7. The standard InChI is InChI=1S/C38H37N7O3/c1-48-34-31(32(46)33(34)47)44-22-17-38(18-23-44)15-20-43(21-16-38)24-25-9-11-27(12-10-25)45-36(28-8-5-19-40-35(28)39)42-30-14-13-29(41-37(30)45)26-6-3-2-4-7-26/h2-14,19H,15-18,20-24H2,1H3,(H2,39,40). The number of likely N-dealkylation sites (tertiary alicyclic amines) is 1. The normalized spacial score (nSPS) is 16.6. The minimum absolute atomic E-state index is 0.226. The SMILES string of the molecule is COc1c(N2CCC3(CCN(Cc4ccc(-n5c(-c6cccnc6N)nc6ccc(-c7ccccc7)nc65)cc4)CC3)CC2)c(=O)c1=O. The van der Waals surface area contributed by atoms with Gasteiger partial charge < -0.3 is 15.4 Å². The smallest absolute Gasteiger partial charge is 0.272 e. The summed E-state index contributed by atoms with van der Waals surface area (Å²) in [5, 5.41) is 0. The van der Waals surface area contributed by atoms with Gasteiger partial charge in [0.15, 0.2) is 17.2 Å². The molecule has 5 heterocycles. The fraction of sp³-hybridized carbons (Fsp3) is 0.289. The molecule has 10 heteroatoms. The number of benzene rings is 2. The monoisotopic (exact) mass is 639 g/mol. The van der Waals surface area contributed by atoms with Crippen LogP contribution >= 0.6 is 0 Å². The summed E-state index contributed by atoms with van der Waals surface area (Å²) in [6.45, 7) is 4.54. The van der Waals surface area contributed by atoms with Crippen molar-refractivity contribution in [2.24, 2.45) is 5.41 Å². The van der Waals surface area contributed by atoms with Crippen molar-refractivity contribution in [2.75, 3.05) is 43.9 Å². The maximum atomic E-state index is 12.2. The summed E-state index contributed by atoms with van der Waals surface area (Å²) in [7, 11) is 1.46. The van der Waals surface area contributed by atoms with Gasteiger partial charge in [0.2, 0.25) is 0 Å². The molecule has 0 saturated carbocycles. The molecule has 242 valence electrons. The molecule has 8 rings (SSSR count). The average molecular weight is 640 g/mol. The Bertz CT molecular complexity index is 2170. The fourth-order valence-corrected chi connectivity index (χ4v) is 7.49. The topological polar surface area (TPSA) is 119 Å². The number of anilines is 2. The van der Waals surface area contributed by atoms with Crippen LogP contribution in [0.15, 0.2) is 94.6 Å². The lowest BCUT2D eigenvalue weighted by atomic mass is 9.71. The van der Waals surface area contributed by atoms with Gasteiger partial charge in [0.05, 0.1) is 18.4 Å². The number of hydrogen-bond acceptors (Lipinski definition) is 9. The highest BCUT2D eigenvalue weighted by Crippen LogP contribution is 2.43. The first-order valence-corrected chi connectivity index (χ1v) is 16.5. The lowest BCUT2D eigenvalue weighted by Crippen LogP contribution is -2.49. The van der Waals surface area contributed by atoms with Crippen LogP contribution < -0.4 is 26.2 Å². The van der Waals surface area contributed by atoms with Crippen molar-refractivity contribution in [1.82, 2.24) is 24.4 Å². The molecule has 3 aromatic carbocycles. The maximum absolute atomic E-state index is 12.2. The summed E-state index contributed by atoms with van der Waals surface area (Å²) in [6.07, 6.45) is 6.01. The zero-order valence-corrected chi connectivity index (χ0v) is 26.9. The number of fused-ring (bicyclic) bond motifs is 1. The Kier molecular flexibility index (Phi) is 7.52. The molecule has 0 aliphatic carbocycles. The third-order valence-corrected chi connectivity index (χ3v) is 10.4. The van der Waals surface area contributed by atoms with Crippen LogP contribution in [0.2, 0.25) is 0 Å². The van der Waals surface area contributed by atoms with Gasteiger partial charge in [0.1, 0.15) is 17.0 Å². The van der Waals surface area contributed by atoms with Crippen LogP contribution in [0.4, 0.5) is 11.5 Å². The molecule has 0 atom stereocenters. The summed E-state index contributed by atoms with van der Waals surface area (Å²) in [5.41, 5.74) is 12.6. The molecule has 2 N–H and O–H groups in total. The molecule has 0 unspecified atom stereocenters. The van der Waals surface area contributed by atoms with Gasteiger partial charge in [-0.2, -0.15) is 0 Å². The van der Waals surface area contributed by atoms with Crippen molar-refractivity contribution < 1.29 is 4.74 Å². The van der Waals surface area contributed by atoms with E-state index in [9.17, 15) is 9.59 Å². The minimum Gasteiger partial charge on any atom is -0.491 e. The van der Waals surface area contributed by atoms with Gasteiger partial charge in [-0.05, 0) is 86.1 Å². The molecule has 0 radical (unpaired) electrons. The third-order valence-electron chi connectivity index (χ3n) is 10.4. The number of nitrogens with two attached hydrogens (primary N) is 1. The predicted molar refractivity (Wildman–Crippen MR) is 188 cm³/mol. The molecular formula is C38H37N7O3. The Morgan fingerprint density at radius 3 is 2.25 bits per heavy atom. The number of nitrogens with zero attached hydrogens (tertiary/aromatic N) is 6. The van der Waals surface area contributed by atoms with E-state index in [1.807, 2.05) is 42.5 Å². The Hall–Kier alpha value is -5.35. The molecule has 10 nitrogen and oxygen atoms in total. The average Bonchev–Trinajstić information content (AvgIpc) is 3.51. The molecule has 2 saturated heterocycles. The van der Waals surface area contributed by atoms with E-state index >= 15 is 0 Å². The van der Waals surface area contributed by atoms with Crippen molar-refractivity contribution in [3.63, 3.8) is 0 Å². The molecule has 0 bridgehead atoms. The fourth-order valence-electron chi connectivity index (χ4n) is 7.49. The summed E-state index contributed by atoms with van der Waals surface area (Å²) in [5.74, 6) is 1.35. The van der Waals surface area contributed by atoms with Crippen molar-refractivity contribution in [3.8, 4) is 34.1 Å².